The molecule has 0 aliphatic carbocycles. The molecular formula is C31H27N3O4. The Hall–Kier alpha value is -4.91. The number of anilines is 1. The summed E-state index contributed by atoms with van der Waals surface area (Å²) in [6.45, 7) is 1.69. The smallest absolute Gasteiger partial charge is 0.252 e. The lowest BCUT2D eigenvalue weighted by Crippen LogP contribution is -2.27. The number of amides is 2. The van der Waals surface area contributed by atoms with Gasteiger partial charge in [-0.1, -0.05) is 78.9 Å². The number of para-hydroxylation sites is 1. The maximum absolute atomic E-state index is 13.2. The van der Waals surface area contributed by atoms with Gasteiger partial charge in [-0.25, -0.2) is 5.43 Å². The minimum absolute atomic E-state index is 0.0110. The third-order valence-electron chi connectivity index (χ3n) is 6.27. The predicted octanol–water partition coefficient (Wildman–Crippen LogP) is 6.25. The molecule has 2 amide bonds. The first kappa shape index (κ1) is 24.8. The quantitative estimate of drug-likeness (QED) is 0.193. The van der Waals surface area contributed by atoms with Gasteiger partial charge in [0.05, 0.1) is 25.1 Å². The molecule has 190 valence electrons. The molecule has 0 aliphatic heterocycles. The Morgan fingerprint density at radius 1 is 0.842 bits per heavy atom. The summed E-state index contributed by atoms with van der Waals surface area (Å²) < 4.78 is 11.5. The van der Waals surface area contributed by atoms with Crippen molar-refractivity contribution in [1.29, 1.82) is 0 Å². The lowest BCUT2D eigenvalue weighted by molar-refractivity contribution is -0.121. The van der Waals surface area contributed by atoms with Gasteiger partial charge in [0.15, 0.2) is 0 Å². The second kappa shape index (κ2) is 11.0. The summed E-state index contributed by atoms with van der Waals surface area (Å²) in [5.74, 6) is -0.576. The minimum Gasteiger partial charge on any atom is -0.495 e. The van der Waals surface area contributed by atoms with Gasteiger partial charge >= 0.3 is 0 Å². The van der Waals surface area contributed by atoms with Crippen LogP contribution in [0.2, 0.25) is 0 Å². The molecule has 0 atom stereocenters. The maximum atomic E-state index is 13.2. The minimum atomic E-state index is -0.525. The number of hydrogen-bond donors (Lipinski definition) is 2. The van der Waals surface area contributed by atoms with Crippen molar-refractivity contribution in [2.24, 2.45) is 5.10 Å². The maximum Gasteiger partial charge on any atom is 0.252 e. The van der Waals surface area contributed by atoms with Crippen molar-refractivity contribution in [2.75, 3.05) is 12.4 Å². The number of hydrogen-bond acceptors (Lipinski definition) is 5. The lowest BCUT2D eigenvalue weighted by atomic mass is 9.91. The van der Waals surface area contributed by atoms with Crippen molar-refractivity contribution in [3.8, 4) is 5.75 Å². The molecule has 5 rings (SSSR count). The number of furan rings is 1. The number of carbonyl (C=O) groups is 2. The third-order valence-corrected chi connectivity index (χ3v) is 6.27. The summed E-state index contributed by atoms with van der Waals surface area (Å²) in [5.41, 5.74) is 6.71. The van der Waals surface area contributed by atoms with Crippen LogP contribution in [0.15, 0.2) is 107 Å². The van der Waals surface area contributed by atoms with Crippen molar-refractivity contribution < 1.29 is 18.7 Å². The molecule has 0 fully saturated rings. The van der Waals surface area contributed by atoms with Gasteiger partial charge in [-0.2, -0.15) is 5.10 Å². The molecular weight excluding hydrogens is 478 g/mol. The van der Waals surface area contributed by atoms with Crippen LogP contribution in [-0.2, 0) is 9.59 Å². The molecule has 7 nitrogen and oxygen atoms in total. The number of methoxy groups -OCH3 is 1. The van der Waals surface area contributed by atoms with E-state index >= 15 is 0 Å². The third kappa shape index (κ3) is 5.27. The number of hydrazone groups is 1. The highest BCUT2D eigenvalue weighted by molar-refractivity contribution is 6.10. The number of benzene rings is 4. The highest BCUT2D eigenvalue weighted by Crippen LogP contribution is 2.36. The fourth-order valence-corrected chi connectivity index (χ4v) is 4.49. The van der Waals surface area contributed by atoms with E-state index < -0.39 is 5.92 Å². The van der Waals surface area contributed by atoms with Crippen LogP contribution in [0.3, 0.4) is 0 Å². The molecule has 0 aliphatic rings. The monoisotopic (exact) mass is 505 g/mol. The van der Waals surface area contributed by atoms with E-state index in [2.05, 4.69) is 15.8 Å². The molecule has 0 radical (unpaired) electrons. The largest absolute Gasteiger partial charge is 0.495 e. The fraction of sp³-hybridized carbons (Fsp3) is 0.129. The summed E-state index contributed by atoms with van der Waals surface area (Å²) in [4.78, 5) is 26.0. The normalized spacial score (nSPS) is 11.6. The van der Waals surface area contributed by atoms with E-state index in [-0.39, 0.29) is 18.2 Å². The van der Waals surface area contributed by atoms with E-state index in [9.17, 15) is 9.59 Å². The Bertz CT molecular complexity index is 1590. The van der Waals surface area contributed by atoms with Crippen LogP contribution in [-0.4, -0.2) is 24.6 Å². The molecule has 0 saturated heterocycles. The Kier molecular flexibility index (Phi) is 7.17. The second-order valence-corrected chi connectivity index (χ2v) is 8.95. The summed E-state index contributed by atoms with van der Waals surface area (Å²) in [5, 5.41) is 8.96. The molecule has 7 heteroatoms. The summed E-state index contributed by atoms with van der Waals surface area (Å²) in [6, 6.07) is 30.4. The Morgan fingerprint density at radius 2 is 1.47 bits per heavy atom. The zero-order chi connectivity index (χ0) is 26.5. The first-order valence-corrected chi connectivity index (χ1v) is 12.3. The number of ether oxygens (including phenoxy) is 1. The molecule has 0 bridgehead atoms. The van der Waals surface area contributed by atoms with Crippen LogP contribution in [0.25, 0.3) is 21.9 Å². The molecule has 0 saturated carbocycles. The molecule has 1 aromatic heterocycles. The van der Waals surface area contributed by atoms with Crippen LogP contribution in [0.1, 0.15) is 30.4 Å². The van der Waals surface area contributed by atoms with Crippen LogP contribution < -0.4 is 15.5 Å². The van der Waals surface area contributed by atoms with E-state index in [1.165, 1.54) is 0 Å². The Balaban J connectivity index is 1.29. The highest BCUT2D eigenvalue weighted by atomic mass is 16.5. The lowest BCUT2D eigenvalue weighted by Gasteiger charge is -2.16. The van der Waals surface area contributed by atoms with Gasteiger partial charge in [0.2, 0.25) is 5.91 Å². The van der Waals surface area contributed by atoms with Crippen molar-refractivity contribution in [3.05, 3.63) is 108 Å². The molecule has 4 aromatic carbocycles. The molecule has 0 spiro atoms. The van der Waals surface area contributed by atoms with E-state index in [4.69, 9.17) is 9.15 Å². The van der Waals surface area contributed by atoms with Crippen LogP contribution in [0.5, 0.6) is 5.75 Å². The van der Waals surface area contributed by atoms with Gasteiger partial charge in [0.25, 0.3) is 5.91 Å². The van der Waals surface area contributed by atoms with Gasteiger partial charge in [-0.05, 0) is 30.2 Å². The topological polar surface area (TPSA) is 92.9 Å². The van der Waals surface area contributed by atoms with Crippen molar-refractivity contribution in [1.82, 2.24) is 5.43 Å². The standard InChI is InChI=1S/C31H27N3O4/c1-20(33-34-31(36)30(21-11-5-3-6-12-21)22-13-7-4-8-14-22)17-29(35)32-25-19-27-24(18-28(25)37-2)23-15-9-10-16-26(23)38-27/h3-16,18-19,30H,17H2,1-2H3,(H,32,35)(H,34,36)/b33-20+. The summed E-state index contributed by atoms with van der Waals surface area (Å²) in [6.07, 6.45) is -0.0110. The predicted molar refractivity (Wildman–Crippen MR) is 149 cm³/mol. The average molecular weight is 506 g/mol. The van der Waals surface area contributed by atoms with Gasteiger partial charge in [0, 0.05) is 22.6 Å². The van der Waals surface area contributed by atoms with E-state index in [0.29, 0.717) is 22.7 Å². The number of nitrogens with one attached hydrogen (secondary N) is 2. The summed E-state index contributed by atoms with van der Waals surface area (Å²) >= 11 is 0. The van der Waals surface area contributed by atoms with E-state index in [0.717, 1.165) is 27.5 Å². The average Bonchev–Trinajstić information content (AvgIpc) is 3.30. The van der Waals surface area contributed by atoms with Crippen LogP contribution in [0, 0.1) is 0 Å². The molecule has 2 N–H and O–H groups in total. The molecule has 38 heavy (non-hydrogen) atoms. The fourth-order valence-electron chi connectivity index (χ4n) is 4.49. The Morgan fingerprint density at radius 3 is 2.13 bits per heavy atom. The van der Waals surface area contributed by atoms with Crippen molar-refractivity contribution in [2.45, 2.75) is 19.3 Å². The van der Waals surface area contributed by atoms with Crippen LogP contribution in [0.4, 0.5) is 5.69 Å². The van der Waals surface area contributed by atoms with Gasteiger partial charge in [0.1, 0.15) is 16.9 Å². The van der Waals surface area contributed by atoms with Crippen LogP contribution >= 0.6 is 0 Å². The Labute approximate surface area is 220 Å². The number of carbonyl (C=O) groups excluding carboxylic acids is 2. The molecule has 0 unspecified atom stereocenters. The number of nitrogens with zero attached hydrogens (tertiary/aromatic N) is 1. The van der Waals surface area contributed by atoms with Crippen molar-refractivity contribution in [3.63, 3.8) is 0 Å². The zero-order valence-electron chi connectivity index (χ0n) is 21.1. The zero-order valence-corrected chi connectivity index (χ0v) is 21.1. The second-order valence-electron chi connectivity index (χ2n) is 8.95. The van der Waals surface area contributed by atoms with Gasteiger partial charge < -0.3 is 14.5 Å². The summed E-state index contributed by atoms with van der Waals surface area (Å²) in [7, 11) is 1.55. The van der Waals surface area contributed by atoms with Crippen molar-refractivity contribution >= 4 is 45.2 Å². The SMILES string of the molecule is COc1cc2c(cc1NC(=O)C/C(C)=N/NC(=O)C(c1ccccc1)c1ccccc1)oc1ccccc12. The van der Waals surface area contributed by atoms with E-state index in [1.54, 1.807) is 20.1 Å². The molecule has 1 heterocycles. The molecule has 5 aromatic rings. The highest BCUT2D eigenvalue weighted by Gasteiger charge is 2.22. The van der Waals surface area contributed by atoms with Gasteiger partial charge in [-0.3, -0.25) is 9.59 Å². The van der Waals surface area contributed by atoms with E-state index in [1.807, 2.05) is 91.0 Å². The number of rotatable bonds is 8. The van der Waals surface area contributed by atoms with Gasteiger partial charge in [-0.15, -0.1) is 0 Å². The first-order valence-electron chi connectivity index (χ1n) is 12.3. The number of fused-ring (bicyclic) bond motifs is 3. The first-order chi connectivity index (χ1) is 18.5.